The molecule has 24 heavy (non-hydrogen) atoms. The normalized spacial score (nSPS) is 11.5. The highest BCUT2D eigenvalue weighted by Gasteiger charge is 2.10. The number of carbonyl (C=O) groups is 1. The number of methoxy groups -OCH3 is 2. The first-order chi connectivity index (χ1) is 11.6. The third kappa shape index (κ3) is 4.38. The zero-order valence-electron chi connectivity index (χ0n) is 14.4. The van der Waals surface area contributed by atoms with Gasteiger partial charge in [-0.25, -0.2) is 4.98 Å². The monoisotopic (exact) mass is 329 g/mol. The van der Waals surface area contributed by atoms with Gasteiger partial charge in [-0.2, -0.15) is 0 Å². The standard InChI is InChI=1S/C18H23N3O3/c1-5-12(2)20-18(22)16-8-6-13(11-19-16)21-15-9-7-14(23-3)10-17(15)24-4/h6-12,21H,5H2,1-4H3,(H,20,22). The van der Waals surface area contributed by atoms with Crippen molar-refractivity contribution in [3.05, 3.63) is 42.2 Å². The molecule has 0 radical (unpaired) electrons. The molecule has 6 nitrogen and oxygen atoms in total. The van der Waals surface area contributed by atoms with E-state index in [0.29, 0.717) is 17.2 Å². The van der Waals surface area contributed by atoms with Gasteiger partial charge in [0.2, 0.25) is 0 Å². The number of hydrogen-bond donors (Lipinski definition) is 2. The lowest BCUT2D eigenvalue weighted by Gasteiger charge is -2.13. The molecule has 1 atom stereocenters. The number of carbonyl (C=O) groups excluding carboxylic acids is 1. The summed E-state index contributed by atoms with van der Waals surface area (Å²) in [7, 11) is 3.20. The highest BCUT2D eigenvalue weighted by molar-refractivity contribution is 5.92. The van der Waals surface area contributed by atoms with Crippen LogP contribution in [-0.4, -0.2) is 31.2 Å². The van der Waals surface area contributed by atoms with Gasteiger partial charge in [-0.1, -0.05) is 6.92 Å². The molecule has 0 saturated heterocycles. The van der Waals surface area contributed by atoms with Crippen molar-refractivity contribution < 1.29 is 14.3 Å². The summed E-state index contributed by atoms with van der Waals surface area (Å²) in [5.41, 5.74) is 1.94. The van der Waals surface area contributed by atoms with E-state index in [1.165, 1.54) is 0 Å². The molecule has 1 aromatic carbocycles. The molecule has 6 heteroatoms. The lowest BCUT2D eigenvalue weighted by molar-refractivity contribution is 0.0934. The fraction of sp³-hybridized carbons (Fsp3) is 0.333. The van der Waals surface area contributed by atoms with Crippen LogP contribution in [0.4, 0.5) is 11.4 Å². The van der Waals surface area contributed by atoms with Gasteiger partial charge in [0.1, 0.15) is 17.2 Å². The molecule has 1 heterocycles. The maximum Gasteiger partial charge on any atom is 0.270 e. The smallest absolute Gasteiger partial charge is 0.270 e. The zero-order chi connectivity index (χ0) is 17.5. The van der Waals surface area contributed by atoms with E-state index in [1.807, 2.05) is 32.0 Å². The second-order valence-electron chi connectivity index (χ2n) is 5.41. The molecule has 1 unspecified atom stereocenters. The molecule has 0 bridgehead atoms. The number of rotatable bonds is 7. The second-order valence-corrected chi connectivity index (χ2v) is 5.41. The number of anilines is 2. The highest BCUT2D eigenvalue weighted by atomic mass is 16.5. The van der Waals surface area contributed by atoms with Crippen LogP contribution in [0, 0.1) is 0 Å². The Hall–Kier alpha value is -2.76. The molecule has 0 spiro atoms. The fourth-order valence-corrected chi connectivity index (χ4v) is 2.06. The minimum Gasteiger partial charge on any atom is -0.497 e. The Morgan fingerprint density at radius 3 is 2.58 bits per heavy atom. The minimum absolute atomic E-state index is 0.126. The summed E-state index contributed by atoms with van der Waals surface area (Å²) in [6.07, 6.45) is 2.50. The Kier molecular flexibility index (Phi) is 6.01. The number of pyridine rings is 1. The molecule has 0 fully saturated rings. The van der Waals surface area contributed by atoms with Crippen LogP contribution < -0.4 is 20.1 Å². The molecular formula is C18H23N3O3. The summed E-state index contributed by atoms with van der Waals surface area (Å²) in [6, 6.07) is 9.12. The van der Waals surface area contributed by atoms with Gasteiger partial charge in [-0.15, -0.1) is 0 Å². The summed E-state index contributed by atoms with van der Waals surface area (Å²) in [6.45, 7) is 3.98. The van der Waals surface area contributed by atoms with Crippen molar-refractivity contribution in [3.63, 3.8) is 0 Å². The highest BCUT2D eigenvalue weighted by Crippen LogP contribution is 2.31. The number of amides is 1. The zero-order valence-corrected chi connectivity index (χ0v) is 14.4. The average Bonchev–Trinajstić information content (AvgIpc) is 2.62. The lowest BCUT2D eigenvalue weighted by atomic mass is 10.2. The van der Waals surface area contributed by atoms with Gasteiger partial charge >= 0.3 is 0 Å². The van der Waals surface area contributed by atoms with Crippen LogP contribution in [0.3, 0.4) is 0 Å². The van der Waals surface area contributed by atoms with Gasteiger partial charge in [0.25, 0.3) is 5.91 Å². The van der Waals surface area contributed by atoms with Gasteiger partial charge in [0.15, 0.2) is 0 Å². The fourth-order valence-electron chi connectivity index (χ4n) is 2.06. The maximum atomic E-state index is 12.0. The summed E-state index contributed by atoms with van der Waals surface area (Å²) >= 11 is 0. The lowest BCUT2D eigenvalue weighted by Crippen LogP contribution is -2.32. The number of benzene rings is 1. The number of aromatic nitrogens is 1. The van der Waals surface area contributed by atoms with Gasteiger partial charge in [0.05, 0.1) is 31.8 Å². The molecule has 2 N–H and O–H groups in total. The predicted molar refractivity (Wildman–Crippen MR) is 94.3 cm³/mol. The maximum absolute atomic E-state index is 12.0. The Balaban J connectivity index is 2.10. The number of hydrogen-bond acceptors (Lipinski definition) is 5. The topological polar surface area (TPSA) is 72.5 Å². The first-order valence-corrected chi connectivity index (χ1v) is 7.83. The molecule has 0 aliphatic carbocycles. The molecule has 0 aliphatic heterocycles. The molecule has 128 valence electrons. The predicted octanol–water partition coefficient (Wildman–Crippen LogP) is 3.37. The van der Waals surface area contributed by atoms with E-state index in [0.717, 1.165) is 17.8 Å². The molecule has 0 saturated carbocycles. The molecule has 0 aliphatic rings. The summed E-state index contributed by atoms with van der Waals surface area (Å²) in [5, 5.41) is 6.11. The molecule has 2 rings (SSSR count). The first-order valence-electron chi connectivity index (χ1n) is 7.83. The van der Waals surface area contributed by atoms with Crippen molar-refractivity contribution in [1.29, 1.82) is 0 Å². The SMILES string of the molecule is CCC(C)NC(=O)c1ccc(Nc2ccc(OC)cc2OC)cn1. The summed E-state index contributed by atoms with van der Waals surface area (Å²) < 4.78 is 10.5. The van der Waals surface area contributed by atoms with Crippen LogP contribution in [0.25, 0.3) is 0 Å². The van der Waals surface area contributed by atoms with E-state index in [-0.39, 0.29) is 11.9 Å². The van der Waals surface area contributed by atoms with E-state index in [4.69, 9.17) is 9.47 Å². The number of ether oxygens (including phenoxy) is 2. The summed E-state index contributed by atoms with van der Waals surface area (Å²) in [4.78, 5) is 16.2. The number of nitrogens with one attached hydrogen (secondary N) is 2. The molecule has 2 aromatic rings. The van der Waals surface area contributed by atoms with Crippen molar-refractivity contribution in [2.24, 2.45) is 0 Å². The van der Waals surface area contributed by atoms with E-state index in [1.54, 1.807) is 32.5 Å². The van der Waals surface area contributed by atoms with Crippen molar-refractivity contribution in [2.75, 3.05) is 19.5 Å². The van der Waals surface area contributed by atoms with Crippen LogP contribution in [-0.2, 0) is 0 Å². The first kappa shape index (κ1) is 17.6. The third-order valence-electron chi connectivity index (χ3n) is 3.67. The van der Waals surface area contributed by atoms with Gasteiger partial charge in [0, 0.05) is 12.1 Å². The van der Waals surface area contributed by atoms with Gasteiger partial charge < -0.3 is 20.1 Å². The third-order valence-corrected chi connectivity index (χ3v) is 3.67. The molecule has 1 aromatic heterocycles. The van der Waals surface area contributed by atoms with Gasteiger partial charge in [-0.3, -0.25) is 4.79 Å². The van der Waals surface area contributed by atoms with E-state index < -0.39 is 0 Å². The van der Waals surface area contributed by atoms with E-state index in [2.05, 4.69) is 15.6 Å². The van der Waals surface area contributed by atoms with Crippen LogP contribution in [0.15, 0.2) is 36.5 Å². The van der Waals surface area contributed by atoms with Crippen molar-refractivity contribution >= 4 is 17.3 Å². The Morgan fingerprint density at radius 1 is 1.21 bits per heavy atom. The minimum atomic E-state index is -0.169. The van der Waals surface area contributed by atoms with Crippen LogP contribution in [0.1, 0.15) is 30.8 Å². The number of nitrogens with zero attached hydrogens (tertiary/aromatic N) is 1. The second kappa shape index (κ2) is 8.19. The Morgan fingerprint density at radius 2 is 2.00 bits per heavy atom. The van der Waals surface area contributed by atoms with Crippen molar-refractivity contribution in [2.45, 2.75) is 26.3 Å². The van der Waals surface area contributed by atoms with Crippen molar-refractivity contribution in [1.82, 2.24) is 10.3 Å². The average molecular weight is 329 g/mol. The Labute approximate surface area is 142 Å². The van der Waals surface area contributed by atoms with E-state index >= 15 is 0 Å². The van der Waals surface area contributed by atoms with Crippen molar-refractivity contribution in [3.8, 4) is 11.5 Å². The van der Waals surface area contributed by atoms with E-state index in [9.17, 15) is 4.79 Å². The quantitative estimate of drug-likeness (QED) is 0.815. The van der Waals surface area contributed by atoms with Crippen LogP contribution >= 0.6 is 0 Å². The molecule has 1 amide bonds. The Bertz CT molecular complexity index is 686. The van der Waals surface area contributed by atoms with Gasteiger partial charge in [-0.05, 0) is 37.6 Å². The largest absolute Gasteiger partial charge is 0.497 e. The van der Waals surface area contributed by atoms with Crippen LogP contribution in [0.5, 0.6) is 11.5 Å². The van der Waals surface area contributed by atoms with Crippen LogP contribution in [0.2, 0.25) is 0 Å². The molecular weight excluding hydrogens is 306 g/mol. The summed E-state index contributed by atoms with van der Waals surface area (Å²) in [5.74, 6) is 1.21.